The van der Waals surface area contributed by atoms with Crippen LogP contribution in [-0.2, 0) is 4.79 Å². The molecule has 0 aliphatic carbocycles. The first-order valence-corrected chi connectivity index (χ1v) is 6.74. The molecule has 17 heavy (non-hydrogen) atoms. The Kier molecular flexibility index (Phi) is 5.92. The van der Waals surface area contributed by atoms with Crippen LogP contribution in [-0.4, -0.2) is 49.1 Å². The summed E-state index contributed by atoms with van der Waals surface area (Å²) in [4.78, 5) is 14.0. The molecule has 1 amide bonds. The van der Waals surface area contributed by atoms with Gasteiger partial charge < -0.3 is 10.6 Å². The second kappa shape index (κ2) is 6.97. The van der Waals surface area contributed by atoms with E-state index in [1.54, 1.807) is 0 Å². The van der Waals surface area contributed by atoms with Gasteiger partial charge in [0.2, 0.25) is 5.91 Å². The van der Waals surface area contributed by atoms with E-state index in [2.05, 4.69) is 43.2 Å². The minimum Gasteiger partial charge on any atom is -0.355 e. The van der Waals surface area contributed by atoms with E-state index in [1.807, 2.05) is 0 Å². The van der Waals surface area contributed by atoms with Crippen molar-refractivity contribution < 1.29 is 4.79 Å². The summed E-state index contributed by atoms with van der Waals surface area (Å²) in [7, 11) is 0. The first kappa shape index (κ1) is 14.5. The lowest BCUT2D eigenvalue weighted by atomic mass is 9.99. The Morgan fingerprint density at radius 1 is 1.29 bits per heavy atom. The smallest absolute Gasteiger partial charge is 0.220 e. The summed E-state index contributed by atoms with van der Waals surface area (Å²) in [5, 5.41) is 6.20. The lowest BCUT2D eigenvalue weighted by Crippen LogP contribution is -2.46. The fourth-order valence-corrected chi connectivity index (χ4v) is 2.26. The van der Waals surface area contributed by atoms with Crippen LogP contribution in [0.1, 0.15) is 34.1 Å². The molecule has 1 heterocycles. The van der Waals surface area contributed by atoms with Gasteiger partial charge in [0.15, 0.2) is 0 Å². The molecule has 0 saturated carbocycles. The van der Waals surface area contributed by atoms with Gasteiger partial charge in [-0.15, -0.1) is 0 Å². The van der Waals surface area contributed by atoms with Crippen molar-refractivity contribution in [2.75, 3.05) is 26.2 Å². The van der Waals surface area contributed by atoms with Crippen molar-refractivity contribution in [1.82, 2.24) is 15.5 Å². The summed E-state index contributed by atoms with van der Waals surface area (Å²) in [5.41, 5.74) is 0. The molecule has 4 heteroatoms. The highest BCUT2D eigenvalue weighted by Crippen LogP contribution is 2.07. The zero-order chi connectivity index (χ0) is 12.8. The molecule has 0 atom stereocenters. The van der Waals surface area contributed by atoms with Gasteiger partial charge in [-0.05, 0) is 46.7 Å². The Bertz CT molecular complexity index is 229. The van der Waals surface area contributed by atoms with Crippen LogP contribution in [0.25, 0.3) is 0 Å². The van der Waals surface area contributed by atoms with E-state index in [0.717, 1.165) is 26.2 Å². The number of rotatable bonds is 7. The summed E-state index contributed by atoms with van der Waals surface area (Å²) in [6.45, 7) is 12.5. The molecule has 0 radical (unpaired) electrons. The van der Waals surface area contributed by atoms with Crippen molar-refractivity contribution >= 4 is 5.91 Å². The minimum atomic E-state index is 0.198. The molecular formula is C13H27N3O. The molecule has 0 aromatic rings. The van der Waals surface area contributed by atoms with E-state index >= 15 is 0 Å². The maximum absolute atomic E-state index is 11.6. The quantitative estimate of drug-likeness (QED) is 0.694. The normalized spacial score (nSPS) is 16.6. The van der Waals surface area contributed by atoms with Crippen LogP contribution in [0.4, 0.5) is 0 Å². The average molecular weight is 241 g/mol. The van der Waals surface area contributed by atoms with Crippen molar-refractivity contribution in [2.24, 2.45) is 5.92 Å². The Hall–Kier alpha value is -0.610. The number of carbonyl (C=O) groups is 1. The monoisotopic (exact) mass is 241 g/mol. The Balaban J connectivity index is 2.14. The molecule has 1 rings (SSSR count). The number of carbonyl (C=O) groups excluding carboxylic acids is 1. The lowest BCUT2D eigenvalue weighted by molar-refractivity contribution is -0.122. The van der Waals surface area contributed by atoms with Crippen LogP contribution in [0.2, 0.25) is 0 Å². The molecule has 2 N–H and O–H groups in total. The van der Waals surface area contributed by atoms with Crippen molar-refractivity contribution in [3.63, 3.8) is 0 Å². The summed E-state index contributed by atoms with van der Waals surface area (Å²) in [6.07, 6.45) is 0.677. The molecule has 1 aliphatic rings. The van der Waals surface area contributed by atoms with Crippen LogP contribution in [0, 0.1) is 5.92 Å². The van der Waals surface area contributed by atoms with E-state index in [4.69, 9.17) is 0 Å². The first-order chi connectivity index (χ1) is 8.00. The summed E-state index contributed by atoms with van der Waals surface area (Å²) in [6, 6.07) is 1.06. The van der Waals surface area contributed by atoms with Crippen molar-refractivity contribution in [1.29, 1.82) is 0 Å². The van der Waals surface area contributed by atoms with E-state index in [1.165, 1.54) is 0 Å². The highest BCUT2D eigenvalue weighted by atomic mass is 16.1. The lowest BCUT2D eigenvalue weighted by Gasteiger charge is -2.31. The number of nitrogens with one attached hydrogen (secondary N) is 2. The third-order valence-electron chi connectivity index (χ3n) is 3.36. The molecule has 0 aromatic heterocycles. The van der Waals surface area contributed by atoms with Gasteiger partial charge in [-0.1, -0.05) is 0 Å². The van der Waals surface area contributed by atoms with E-state index in [9.17, 15) is 4.79 Å². The molecule has 0 bridgehead atoms. The van der Waals surface area contributed by atoms with Gasteiger partial charge >= 0.3 is 0 Å². The van der Waals surface area contributed by atoms with Gasteiger partial charge in [-0.3, -0.25) is 9.69 Å². The Morgan fingerprint density at radius 3 is 2.29 bits per heavy atom. The SMILES string of the molecule is CC(C)N(CCNC(=O)CC1CNC1)C(C)C. The molecule has 1 aliphatic heterocycles. The number of hydrogen-bond acceptors (Lipinski definition) is 3. The van der Waals surface area contributed by atoms with Crippen LogP contribution >= 0.6 is 0 Å². The minimum absolute atomic E-state index is 0.198. The predicted molar refractivity (Wildman–Crippen MR) is 71.0 cm³/mol. The highest BCUT2D eigenvalue weighted by Gasteiger charge is 2.20. The fourth-order valence-electron chi connectivity index (χ4n) is 2.26. The number of amides is 1. The summed E-state index contributed by atoms with van der Waals surface area (Å²) in [5.74, 6) is 0.755. The molecule has 1 saturated heterocycles. The van der Waals surface area contributed by atoms with E-state index < -0.39 is 0 Å². The van der Waals surface area contributed by atoms with Crippen LogP contribution in [0.3, 0.4) is 0 Å². The number of nitrogens with zero attached hydrogens (tertiary/aromatic N) is 1. The molecule has 1 fully saturated rings. The van der Waals surface area contributed by atoms with Gasteiger partial charge in [0, 0.05) is 31.6 Å². The highest BCUT2D eigenvalue weighted by molar-refractivity contribution is 5.76. The van der Waals surface area contributed by atoms with Gasteiger partial charge in [0.05, 0.1) is 0 Å². The topological polar surface area (TPSA) is 44.4 Å². The zero-order valence-electron chi connectivity index (χ0n) is 11.6. The molecular weight excluding hydrogens is 214 g/mol. The molecule has 0 aromatic carbocycles. The summed E-state index contributed by atoms with van der Waals surface area (Å²) < 4.78 is 0. The Morgan fingerprint density at radius 2 is 1.88 bits per heavy atom. The second-order valence-corrected chi connectivity index (χ2v) is 5.50. The van der Waals surface area contributed by atoms with Crippen LogP contribution < -0.4 is 10.6 Å². The van der Waals surface area contributed by atoms with E-state index in [-0.39, 0.29) is 5.91 Å². The molecule has 100 valence electrons. The summed E-state index contributed by atoms with van der Waals surface area (Å²) >= 11 is 0. The van der Waals surface area contributed by atoms with Crippen molar-refractivity contribution in [3.05, 3.63) is 0 Å². The first-order valence-electron chi connectivity index (χ1n) is 6.74. The molecule has 4 nitrogen and oxygen atoms in total. The zero-order valence-corrected chi connectivity index (χ0v) is 11.6. The number of hydrogen-bond donors (Lipinski definition) is 2. The third kappa shape index (κ3) is 5.04. The molecule has 0 spiro atoms. The Labute approximate surface area is 105 Å². The van der Waals surface area contributed by atoms with E-state index in [0.29, 0.717) is 24.4 Å². The standard InChI is InChI=1S/C13H27N3O/c1-10(2)16(11(3)4)6-5-15-13(17)7-12-8-14-9-12/h10-12,14H,5-9H2,1-4H3,(H,15,17). The maximum atomic E-state index is 11.6. The van der Waals surface area contributed by atoms with Gasteiger partial charge in [-0.25, -0.2) is 0 Å². The predicted octanol–water partition coefficient (Wildman–Crippen LogP) is 0.831. The van der Waals surface area contributed by atoms with Gasteiger partial charge in [0.1, 0.15) is 0 Å². The largest absolute Gasteiger partial charge is 0.355 e. The van der Waals surface area contributed by atoms with Crippen LogP contribution in [0.15, 0.2) is 0 Å². The van der Waals surface area contributed by atoms with Gasteiger partial charge in [0.25, 0.3) is 0 Å². The second-order valence-electron chi connectivity index (χ2n) is 5.50. The van der Waals surface area contributed by atoms with Gasteiger partial charge in [-0.2, -0.15) is 0 Å². The maximum Gasteiger partial charge on any atom is 0.220 e. The average Bonchev–Trinajstić information content (AvgIpc) is 2.17. The molecule has 0 unspecified atom stereocenters. The van der Waals surface area contributed by atoms with Crippen LogP contribution in [0.5, 0.6) is 0 Å². The third-order valence-corrected chi connectivity index (χ3v) is 3.36. The van der Waals surface area contributed by atoms with Crippen molar-refractivity contribution in [3.8, 4) is 0 Å². The fraction of sp³-hybridized carbons (Fsp3) is 0.923. The van der Waals surface area contributed by atoms with Crippen molar-refractivity contribution in [2.45, 2.75) is 46.2 Å².